The molecule has 26 heavy (non-hydrogen) atoms. The predicted molar refractivity (Wildman–Crippen MR) is 85.6 cm³/mol. The van der Waals surface area contributed by atoms with Crippen LogP contribution < -0.4 is 0 Å². The number of carbonyl (C=O) groups excluding carboxylic acids is 1. The van der Waals surface area contributed by atoms with E-state index in [-0.39, 0.29) is 16.5 Å². The highest BCUT2D eigenvalue weighted by Gasteiger charge is 2.33. The summed E-state index contributed by atoms with van der Waals surface area (Å²) in [7, 11) is 0. The number of alkyl halides is 3. The second-order valence-electron chi connectivity index (χ2n) is 4.96. The molecule has 0 unspecified atom stereocenters. The lowest BCUT2D eigenvalue weighted by Gasteiger charge is -2.10. The van der Waals surface area contributed by atoms with Crippen LogP contribution in [-0.4, -0.2) is 26.1 Å². The SMILES string of the molecule is O=C(C=C(O)c1nc[nH]n1)c1cc(Sc2ccccc2C(F)(F)F)co1. The molecule has 0 aliphatic rings. The fourth-order valence-corrected chi connectivity index (χ4v) is 2.97. The number of hydrogen-bond acceptors (Lipinski definition) is 6. The summed E-state index contributed by atoms with van der Waals surface area (Å²) in [5.41, 5.74) is -0.777. The molecular formula is C16H10F3N3O3S. The first-order chi connectivity index (χ1) is 12.3. The fraction of sp³-hybridized carbons (Fsp3) is 0.0625. The molecule has 0 fully saturated rings. The van der Waals surface area contributed by atoms with Gasteiger partial charge < -0.3 is 9.52 Å². The van der Waals surface area contributed by atoms with Crippen LogP contribution in [0.2, 0.25) is 0 Å². The third-order valence-electron chi connectivity index (χ3n) is 3.15. The summed E-state index contributed by atoms with van der Waals surface area (Å²) in [6.45, 7) is 0. The Morgan fingerprint density at radius 3 is 2.77 bits per heavy atom. The van der Waals surface area contributed by atoms with E-state index in [2.05, 4.69) is 15.2 Å². The molecule has 134 valence electrons. The summed E-state index contributed by atoms with van der Waals surface area (Å²) in [6, 6.07) is 6.39. The van der Waals surface area contributed by atoms with Crippen LogP contribution in [0.15, 0.2) is 63.2 Å². The number of furan rings is 1. The first-order valence-corrected chi connectivity index (χ1v) is 7.90. The predicted octanol–water partition coefficient (Wildman–Crippen LogP) is 4.35. The molecular weight excluding hydrogens is 371 g/mol. The minimum atomic E-state index is -4.49. The number of aliphatic hydroxyl groups excluding tert-OH is 1. The van der Waals surface area contributed by atoms with Crippen molar-refractivity contribution in [1.82, 2.24) is 15.2 Å². The average Bonchev–Trinajstić information content (AvgIpc) is 3.26. The Morgan fingerprint density at radius 1 is 1.31 bits per heavy atom. The molecule has 0 aliphatic carbocycles. The molecule has 0 aliphatic heterocycles. The Hall–Kier alpha value is -3.01. The van der Waals surface area contributed by atoms with E-state index >= 15 is 0 Å². The van der Waals surface area contributed by atoms with Crippen LogP contribution >= 0.6 is 11.8 Å². The normalized spacial score (nSPS) is 12.3. The van der Waals surface area contributed by atoms with E-state index in [4.69, 9.17) is 4.42 Å². The standard InChI is InChI=1S/C16H10F3N3O3S/c17-16(18,19)10-3-1-2-4-14(10)26-9-5-13(25-7-9)11(23)6-12(24)15-20-8-21-22-15/h1-8,24H,(H,20,21,22). The van der Waals surface area contributed by atoms with Crippen molar-refractivity contribution < 1.29 is 27.5 Å². The molecule has 0 radical (unpaired) electrons. The van der Waals surface area contributed by atoms with E-state index in [1.54, 1.807) is 0 Å². The molecule has 2 heterocycles. The number of nitrogens with one attached hydrogen (secondary N) is 1. The number of carbonyl (C=O) groups is 1. The van der Waals surface area contributed by atoms with Crippen LogP contribution in [0.4, 0.5) is 13.2 Å². The topological polar surface area (TPSA) is 92.0 Å². The Bertz CT molecular complexity index is 949. The Balaban J connectivity index is 1.79. The number of aliphatic hydroxyl groups is 1. The van der Waals surface area contributed by atoms with Crippen LogP contribution in [0, 0.1) is 0 Å². The van der Waals surface area contributed by atoms with Gasteiger partial charge in [-0.1, -0.05) is 23.9 Å². The number of H-pyrrole nitrogens is 1. The van der Waals surface area contributed by atoms with Crippen LogP contribution in [-0.2, 0) is 6.18 Å². The minimum absolute atomic E-state index is 0.0149. The molecule has 0 amide bonds. The number of aromatic amines is 1. The molecule has 0 spiro atoms. The van der Waals surface area contributed by atoms with Gasteiger partial charge in [-0.3, -0.25) is 9.89 Å². The van der Waals surface area contributed by atoms with E-state index in [1.807, 2.05) is 0 Å². The van der Waals surface area contributed by atoms with Gasteiger partial charge in [-0.25, -0.2) is 4.98 Å². The van der Waals surface area contributed by atoms with Gasteiger partial charge in [0, 0.05) is 17.0 Å². The molecule has 0 atom stereocenters. The third kappa shape index (κ3) is 3.97. The van der Waals surface area contributed by atoms with Crippen molar-refractivity contribution in [2.75, 3.05) is 0 Å². The number of aromatic nitrogens is 3. The minimum Gasteiger partial charge on any atom is -0.504 e. The molecule has 2 N–H and O–H groups in total. The van der Waals surface area contributed by atoms with Crippen molar-refractivity contribution in [2.45, 2.75) is 16.0 Å². The van der Waals surface area contributed by atoms with E-state index < -0.39 is 23.3 Å². The Labute approximate surface area is 148 Å². The number of allylic oxidation sites excluding steroid dienone is 1. The maximum Gasteiger partial charge on any atom is 0.417 e. The van der Waals surface area contributed by atoms with Gasteiger partial charge in [-0.2, -0.15) is 18.3 Å². The number of benzene rings is 1. The highest BCUT2D eigenvalue weighted by molar-refractivity contribution is 7.99. The number of nitrogens with zero attached hydrogens (tertiary/aromatic N) is 2. The monoisotopic (exact) mass is 381 g/mol. The van der Waals surface area contributed by atoms with E-state index in [0.29, 0.717) is 4.90 Å². The largest absolute Gasteiger partial charge is 0.504 e. The average molecular weight is 381 g/mol. The quantitative estimate of drug-likeness (QED) is 0.388. The van der Waals surface area contributed by atoms with Crippen LogP contribution in [0.25, 0.3) is 5.76 Å². The molecule has 3 rings (SSSR count). The summed E-state index contributed by atoms with van der Waals surface area (Å²) in [5.74, 6) is -1.36. The van der Waals surface area contributed by atoms with Crippen molar-refractivity contribution in [1.29, 1.82) is 0 Å². The lowest BCUT2D eigenvalue weighted by molar-refractivity contribution is -0.139. The summed E-state index contributed by atoms with van der Waals surface area (Å²) in [6.07, 6.45) is -1.23. The second kappa shape index (κ2) is 7.08. The van der Waals surface area contributed by atoms with Crippen molar-refractivity contribution in [3.05, 3.63) is 66.1 Å². The number of halogens is 3. The molecule has 3 aromatic rings. The van der Waals surface area contributed by atoms with Crippen LogP contribution in [0.3, 0.4) is 0 Å². The second-order valence-corrected chi connectivity index (χ2v) is 6.07. The molecule has 0 saturated carbocycles. The van der Waals surface area contributed by atoms with Crippen molar-refractivity contribution in [3.63, 3.8) is 0 Å². The zero-order chi connectivity index (χ0) is 18.7. The maximum atomic E-state index is 13.0. The third-order valence-corrected chi connectivity index (χ3v) is 4.18. The molecule has 10 heteroatoms. The van der Waals surface area contributed by atoms with Gasteiger partial charge in [0.1, 0.15) is 12.6 Å². The number of ketones is 1. The number of hydrogen-bond donors (Lipinski definition) is 2. The van der Waals surface area contributed by atoms with Gasteiger partial charge in [-0.15, -0.1) is 0 Å². The number of rotatable bonds is 5. The van der Waals surface area contributed by atoms with Gasteiger partial charge in [0.15, 0.2) is 11.5 Å². The highest BCUT2D eigenvalue weighted by atomic mass is 32.2. The van der Waals surface area contributed by atoms with Gasteiger partial charge in [-0.05, 0) is 12.1 Å². The first kappa shape index (κ1) is 17.8. The molecule has 2 aromatic heterocycles. The molecule has 1 aromatic carbocycles. The Morgan fingerprint density at radius 2 is 2.08 bits per heavy atom. The summed E-state index contributed by atoms with van der Waals surface area (Å²) in [5, 5.41) is 15.7. The highest BCUT2D eigenvalue weighted by Crippen LogP contribution is 2.39. The summed E-state index contributed by atoms with van der Waals surface area (Å²) < 4.78 is 44.2. The first-order valence-electron chi connectivity index (χ1n) is 7.08. The maximum absolute atomic E-state index is 13.0. The fourth-order valence-electron chi connectivity index (χ4n) is 2.01. The zero-order valence-corrected chi connectivity index (χ0v) is 13.6. The lowest BCUT2D eigenvalue weighted by atomic mass is 10.2. The summed E-state index contributed by atoms with van der Waals surface area (Å²) in [4.78, 5) is 16.0. The van der Waals surface area contributed by atoms with E-state index in [0.717, 1.165) is 23.9 Å². The smallest absolute Gasteiger partial charge is 0.417 e. The van der Waals surface area contributed by atoms with Crippen molar-refractivity contribution in [3.8, 4) is 0 Å². The lowest BCUT2D eigenvalue weighted by Crippen LogP contribution is -2.06. The molecule has 0 bridgehead atoms. The van der Waals surface area contributed by atoms with Gasteiger partial charge >= 0.3 is 6.18 Å². The van der Waals surface area contributed by atoms with Crippen molar-refractivity contribution >= 4 is 23.3 Å². The van der Waals surface area contributed by atoms with E-state index in [1.165, 1.54) is 36.9 Å². The van der Waals surface area contributed by atoms with E-state index in [9.17, 15) is 23.1 Å². The van der Waals surface area contributed by atoms with Crippen LogP contribution in [0.5, 0.6) is 0 Å². The Kier molecular flexibility index (Phi) is 4.85. The zero-order valence-electron chi connectivity index (χ0n) is 12.8. The van der Waals surface area contributed by atoms with Crippen molar-refractivity contribution in [2.24, 2.45) is 0 Å². The van der Waals surface area contributed by atoms with Gasteiger partial charge in [0.2, 0.25) is 11.6 Å². The summed E-state index contributed by atoms with van der Waals surface area (Å²) >= 11 is 0.817. The molecule has 6 nitrogen and oxygen atoms in total. The van der Waals surface area contributed by atoms with Gasteiger partial charge in [0.05, 0.1) is 10.5 Å². The van der Waals surface area contributed by atoms with Gasteiger partial charge in [0.25, 0.3) is 0 Å². The molecule has 0 saturated heterocycles. The van der Waals surface area contributed by atoms with Crippen LogP contribution in [0.1, 0.15) is 21.9 Å².